The van der Waals surface area contributed by atoms with E-state index in [-0.39, 0.29) is 37.0 Å². The number of hydrogen-bond acceptors (Lipinski definition) is 9. The van der Waals surface area contributed by atoms with Crippen LogP contribution >= 0.6 is 12.0 Å². The number of hydrogen-bond donors (Lipinski definition) is 0. The first-order valence-electron chi connectivity index (χ1n) is 11.1. The number of ether oxygens (including phenoxy) is 3. The SMILES string of the molecule is CCOC(=O)C(OCCC(F)(F)C(F)(F)SOO[O-])(OC(=O)C12CC3CC(CC(C3)C1)C2)C(F)(F)F. The first-order valence-corrected chi connectivity index (χ1v) is 11.9. The zero-order chi connectivity index (χ0) is 27.0. The van der Waals surface area contributed by atoms with Gasteiger partial charge in [-0.25, -0.2) is 4.79 Å². The number of esters is 2. The minimum Gasteiger partial charge on any atom is -0.691 e. The molecule has 4 bridgehead atoms. The quantitative estimate of drug-likeness (QED) is 0.0877. The predicted octanol–water partition coefficient (Wildman–Crippen LogP) is 4.07. The number of halogens is 7. The van der Waals surface area contributed by atoms with Crippen LogP contribution in [0.3, 0.4) is 0 Å². The van der Waals surface area contributed by atoms with E-state index in [1.54, 1.807) is 0 Å². The maximum Gasteiger partial charge on any atom is 0.468 e. The molecule has 208 valence electrons. The summed E-state index contributed by atoms with van der Waals surface area (Å²) in [6.07, 6.45) is -4.66. The molecule has 0 radical (unpaired) electrons. The lowest BCUT2D eigenvalue weighted by atomic mass is 9.49. The Kier molecular flexibility index (Phi) is 8.45. The molecule has 8 nitrogen and oxygen atoms in total. The summed E-state index contributed by atoms with van der Waals surface area (Å²) in [5.74, 6) is -12.8. The average Bonchev–Trinajstić information content (AvgIpc) is 2.75. The van der Waals surface area contributed by atoms with Crippen molar-refractivity contribution in [3.05, 3.63) is 0 Å². The first kappa shape index (κ1) is 29.2. The second-order valence-electron chi connectivity index (χ2n) is 9.46. The van der Waals surface area contributed by atoms with Crippen LogP contribution in [0.4, 0.5) is 30.7 Å². The molecule has 0 aromatic carbocycles. The highest BCUT2D eigenvalue weighted by atomic mass is 32.2. The van der Waals surface area contributed by atoms with Crippen molar-refractivity contribution in [2.45, 2.75) is 75.0 Å². The molecule has 4 aliphatic rings. The summed E-state index contributed by atoms with van der Waals surface area (Å²) in [7, 11) is 0. The van der Waals surface area contributed by atoms with E-state index in [2.05, 4.69) is 23.6 Å². The number of rotatable bonds is 12. The van der Waals surface area contributed by atoms with Crippen molar-refractivity contribution in [2.24, 2.45) is 23.2 Å². The van der Waals surface area contributed by atoms with Gasteiger partial charge in [0.1, 0.15) is 12.0 Å². The zero-order valence-corrected chi connectivity index (χ0v) is 19.7. The highest BCUT2D eigenvalue weighted by Gasteiger charge is 2.70. The number of carbonyl (C=O) groups is 2. The van der Waals surface area contributed by atoms with Crippen LogP contribution < -0.4 is 5.26 Å². The van der Waals surface area contributed by atoms with Crippen molar-refractivity contribution in [2.75, 3.05) is 13.2 Å². The van der Waals surface area contributed by atoms with E-state index in [4.69, 9.17) is 0 Å². The average molecular weight is 557 g/mol. The molecule has 0 N–H and O–H groups in total. The zero-order valence-electron chi connectivity index (χ0n) is 18.9. The van der Waals surface area contributed by atoms with Gasteiger partial charge in [0.2, 0.25) is 0 Å². The summed E-state index contributed by atoms with van der Waals surface area (Å²) >= 11 is -1.37. The van der Waals surface area contributed by atoms with Gasteiger partial charge in [0.05, 0.1) is 18.6 Å². The van der Waals surface area contributed by atoms with E-state index in [0.717, 1.165) is 26.2 Å². The second-order valence-corrected chi connectivity index (χ2v) is 10.3. The Morgan fingerprint density at radius 1 is 0.972 bits per heavy atom. The molecule has 0 aromatic rings. The largest absolute Gasteiger partial charge is 0.691 e. The maximum absolute atomic E-state index is 14.2. The monoisotopic (exact) mass is 557 g/mol. The van der Waals surface area contributed by atoms with E-state index in [0.29, 0.717) is 0 Å². The standard InChI is InChI=1S/C20H25F7O8S/c1-2-31-15(29)18(19(23,24)25,32-4-3-17(21,22)20(26,27)36-35-34-30)33-14(28)16-8-11-5-12(9-16)7-13(6-11)10-16/h11-13,30H,2-10H2,1H3/p-1. The lowest BCUT2D eigenvalue weighted by Gasteiger charge is -2.55. The molecule has 4 aliphatic carbocycles. The molecule has 4 rings (SSSR count). The van der Waals surface area contributed by atoms with Crippen molar-refractivity contribution in [3.8, 4) is 0 Å². The highest BCUT2D eigenvalue weighted by Crippen LogP contribution is 2.61. The van der Waals surface area contributed by atoms with Crippen molar-refractivity contribution < 1.29 is 69.2 Å². The van der Waals surface area contributed by atoms with Crippen LogP contribution in [0.2, 0.25) is 0 Å². The molecule has 1 unspecified atom stereocenters. The van der Waals surface area contributed by atoms with Gasteiger partial charge in [-0.1, -0.05) is 0 Å². The van der Waals surface area contributed by atoms with Crippen molar-refractivity contribution in [1.29, 1.82) is 0 Å². The van der Waals surface area contributed by atoms with Crippen molar-refractivity contribution in [1.82, 2.24) is 0 Å². The van der Waals surface area contributed by atoms with Crippen LogP contribution in [-0.4, -0.2) is 48.3 Å². The summed E-state index contributed by atoms with van der Waals surface area (Å²) < 4.78 is 114. The fourth-order valence-electron chi connectivity index (χ4n) is 5.80. The van der Waals surface area contributed by atoms with Crippen LogP contribution in [-0.2, 0) is 33.2 Å². The van der Waals surface area contributed by atoms with Crippen LogP contribution in [0.5, 0.6) is 0 Å². The maximum atomic E-state index is 14.2. The minimum atomic E-state index is -5.80. The predicted molar refractivity (Wildman–Crippen MR) is 102 cm³/mol. The third kappa shape index (κ3) is 5.56. The van der Waals surface area contributed by atoms with Gasteiger partial charge in [0.25, 0.3) is 0 Å². The summed E-state index contributed by atoms with van der Waals surface area (Å²) in [5.41, 5.74) is -1.30. The van der Waals surface area contributed by atoms with Crippen molar-refractivity contribution >= 4 is 24.0 Å². The Bertz CT molecular complexity index is 789. The van der Waals surface area contributed by atoms with Gasteiger partial charge in [-0.15, -0.1) is 0 Å². The Balaban J connectivity index is 1.83. The van der Waals surface area contributed by atoms with Crippen LogP contribution in [0.15, 0.2) is 0 Å². The van der Waals surface area contributed by atoms with Gasteiger partial charge in [-0.3, -0.25) is 9.83 Å². The van der Waals surface area contributed by atoms with Crippen molar-refractivity contribution in [3.63, 3.8) is 0 Å². The molecule has 4 saturated carbocycles. The Morgan fingerprint density at radius 3 is 1.94 bits per heavy atom. The van der Waals surface area contributed by atoms with E-state index in [9.17, 15) is 45.6 Å². The molecule has 16 heteroatoms. The first-order chi connectivity index (χ1) is 16.6. The summed E-state index contributed by atoms with van der Waals surface area (Å²) in [5, 5.41) is 7.11. The van der Waals surface area contributed by atoms with Gasteiger partial charge < -0.3 is 19.5 Å². The topological polar surface area (TPSA) is 103 Å². The molecule has 1 atom stereocenters. The van der Waals surface area contributed by atoms with Crippen LogP contribution in [0, 0.1) is 23.2 Å². The fraction of sp³-hybridized carbons (Fsp3) is 0.900. The van der Waals surface area contributed by atoms with E-state index < -0.39 is 72.2 Å². The van der Waals surface area contributed by atoms with Gasteiger partial charge in [-0.2, -0.15) is 35.1 Å². The molecule has 36 heavy (non-hydrogen) atoms. The second kappa shape index (κ2) is 10.4. The summed E-state index contributed by atoms with van der Waals surface area (Å²) in [6.45, 7) is -1.29. The molecule has 4 fully saturated rings. The van der Waals surface area contributed by atoms with Gasteiger partial charge in [0, 0.05) is 6.42 Å². The molecule has 0 aliphatic heterocycles. The molecule has 0 saturated heterocycles. The number of alkyl halides is 7. The Labute approximate surface area is 205 Å². The molecule has 0 spiro atoms. The number of carbonyl (C=O) groups excluding carboxylic acids is 2. The van der Waals surface area contributed by atoms with E-state index >= 15 is 0 Å². The highest BCUT2D eigenvalue weighted by molar-refractivity contribution is 7.95. The summed E-state index contributed by atoms with van der Waals surface area (Å²) in [6, 6.07) is 0. The third-order valence-corrected chi connectivity index (χ3v) is 7.57. The smallest absolute Gasteiger partial charge is 0.468 e. The molecule has 0 heterocycles. The van der Waals surface area contributed by atoms with Gasteiger partial charge in [-0.05, 0) is 63.2 Å². The lowest BCUT2D eigenvalue weighted by molar-refractivity contribution is -0.777. The van der Waals surface area contributed by atoms with E-state index in [1.165, 1.54) is 0 Å². The van der Waals surface area contributed by atoms with E-state index in [1.807, 2.05) is 0 Å². The lowest BCUT2D eigenvalue weighted by Crippen LogP contribution is -2.61. The van der Waals surface area contributed by atoms with Crippen LogP contribution in [0.1, 0.15) is 51.9 Å². The third-order valence-electron chi connectivity index (χ3n) is 6.94. The Morgan fingerprint density at radius 2 is 1.50 bits per heavy atom. The molecular formula is C20H24F7O8S-. The molecule has 0 amide bonds. The normalized spacial score (nSPS) is 29.6. The van der Waals surface area contributed by atoms with Crippen LogP contribution in [0.25, 0.3) is 0 Å². The minimum absolute atomic E-state index is 0.103. The summed E-state index contributed by atoms with van der Waals surface area (Å²) in [4.78, 5) is 25.6. The fourth-order valence-corrected chi connectivity index (χ4v) is 6.13. The van der Waals surface area contributed by atoms with Gasteiger partial charge in [0.15, 0.2) is 0 Å². The molecule has 0 aromatic heterocycles. The molecular weight excluding hydrogens is 533 g/mol. The van der Waals surface area contributed by atoms with Gasteiger partial charge >= 0.3 is 35.1 Å². The Hall–Kier alpha value is -1.36.